The number of halogens is 2. The monoisotopic (exact) mass is 444 g/mol. The van der Waals surface area contributed by atoms with Crippen LogP contribution in [0.3, 0.4) is 0 Å². The lowest BCUT2D eigenvalue weighted by molar-refractivity contribution is -0.137. The molecule has 0 bridgehead atoms. The molecule has 1 aromatic rings. The van der Waals surface area contributed by atoms with Crippen LogP contribution in [-0.2, 0) is 9.59 Å². The second kappa shape index (κ2) is 12.4. The Hall–Kier alpha value is -1.34. The Morgan fingerprint density at radius 2 is 1.66 bits per heavy atom. The van der Waals surface area contributed by atoms with Gasteiger partial charge in [-0.15, -0.1) is 24.8 Å². The van der Waals surface area contributed by atoms with Gasteiger partial charge in [0.2, 0.25) is 11.8 Å². The molecule has 1 aromatic carbocycles. The van der Waals surface area contributed by atoms with Crippen LogP contribution in [0.25, 0.3) is 0 Å². The van der Waals surface area contributed by atoms with Gasteiger partial charge in [-0.05, 0) is 31.7 Å². The Morgan fingerprint density at radius 1 is 1.00 bits per heavy atom. The molecule has 2 atom stereocenters. The first-order chi connectivity index (χ1) is 13.0. The summed E-state index contributed by atoms with van der Waals surface area (Å²) in [6.45, 7) is 6.34. The number of rotatable bonds is 5. The molecule has 29 heavy (non-hydrogen) atoms. The van der Waals surface area contributed by atoms with Crippen LogP contribution in [-0.4, -0.2) is 71.8 Å². The summed E-state index contributed by atoms with van der Waals surface area (Å²) in [7, 11) is 0. The first-order valence-corrected chi connectivity index (χ1v) is 10.1. The van der Waals surface area contributed by atoms with Gasteiger partial charge in [-0.1, -0.05) is 30.3 Å². The van der Waals surface area contributed by atoms with Gasteiger partial charge in [0, 0.05) is 51.2 Å². The molecule has 8 heteroatoms. The SMILES string of the molecule is CC1CCCCN1C(=O)CN1CCN(C(=O)CC(N)c2ccccc2)CC1.Cl.Cl. The van der Waals surface area contributed by atoms with E-state index in [-0.39, 0.29) is 42.7 Å². The number of piperidine rings is 1. The molecule has 2 aliphatic rings. The van der Waals surface area contributed by atoms with Crippen molar-refractivity contribution in [1.29, 1.82) is 0 Å². The first-order valence-electron chi connectivity index (χ1n) is 10.1. The van der Waals surface area contributed by atoms with Crippen LogP contribution in [0.2, 0.25) is 0 Å². The fraction of sp³-hybridized carbons (Fsp3) is 0.619. The molecule has 2 unspecified atom stereocenters. The molecular weight excluding hydrogens is 411 g/mol. The number of carbonyl (C=O) groups is 2. The lowest BCUT2D eigenvalue weighted by Gasteiger charge is -2.38. The van der Waals surface area contributed by atoms with E-state index >= 15 is 0 Å². The number of hydrogen-bond acceptors (Lipinski definition) is 4. The Labute approximate surface area is 186 Å². The van der Waals surface area contributed by atoms with Gasteiger partial charge < -0.3 is 15.5 Å². The minimum Gasteiger partial charge on any atom is -0.340 e. The fourth-order valence-electron chi connectivity index (χ4n) is 4.04. The maximum Gasteiger partial charge on any atom is 0.236 e. The Bertz CT molecular complexity index is 639. The zero-order valence-corrected chi connectivity index (χ0v) is 18.8. The lowest BCUT2D eigenvalue weighted by atomic mass is 10.0. The lowest BCUT2D eigenvalue weighted by Crippen LogP contribution is -2.53. The summed E-state index contributed by atoms with van der Waals surface area (Å²) in [5.74, 6) is 0.329. The summed E-state index contributed by atoms with van der Waals surface area (Å²) in [6, 6.07) is 9.85. The standard InChI is InChI=1S/C21H32N4O2.2ClH/c1-17-7-5-6-10-25(17)21(27)16-23-11-13-24(14-12-23)20(26)15-19(22)18-8-3-2-4-9-18;;/h2-4,8-9,17,19H,5-7,10-16,22H2,1H3;2*1H. The summed E-state index contributed by atoms with van der Waals surface area (Å²) < 4.78 is 0. The fourth-order valence-corrected chi connectivity index (χ4v) is 4.04. The highest BCUT2D eigenvalue weighted by molar-refractivity contribution is 5.85. The van der Waals surface area contributed by atoms with Crippen LogP contribution in [0, 0.1) is 0 Å². The van der Waals surface area contributed by atoms with E-state index in [4.69, 9.17) is 5.73 Å². The van der Waals surface area contributed by atoms with Crippen molar-refractivity contribution in [2.75, 3.05) is 39.3 Å². The predicted octanol–water partition coefficient (Wildman–Crippen LogP) is 2.47. The maximum atomic E-state index is 12.6. The average Bonchev–Trinajstić information content (AvgIpc) is 2.69. The zero-order valence-electron chi connectivity index (χ0n) is 17.2. The second-order valence-corrected chi connectivity index (χ2v) is 7.81. The highest BCUT2D eigenvalue weighted by atomic mass is 35.5. The van der Waals surface area contributed by atoms with E-state index in [2.05, 4.69) is 11.8 Å². The smallest absolute Gasteiger partial charge is 0.236 e. The third-order valence-corrected chi connectivity index (χ3v) is 5.83. The molecule has 0 aliphatic carbocycles. The van der Waals surface area contributed by atoms with Crippen LogP contribution in [0.1, 0.15) is 44.2 Å². The summed E-state index contributed by atoms with van der Waals surface area (Å²) in [4.78, 5) is 31.2. The van der Waals surface area contributed by atoms with Gasteiger partial charge in [0.1, 0.15) is 0 Å². The van der Waals surface area contributed by atoms with Gasteiger partial charge in [-0.3, -0.25) is 14.5 Å². The van der Waals surface area contributed by atoms with Crippen LogP contribution < -0.4 is 5.73 Å². The first kappa shape index (κ1) is 25.7. The Morgan fingerprint density at radius 3 is 2.28 bits per heavy atom. The summed E-state index contributed by atoms with van der Waals surface area (Å²) >= 11 is 0. The van der Waals surface area contributed by atoms with Crippen molar-refractivity contribution in [2.45, 2.75) is 44.7 Å². The van der Waals surface area contributed by atoms with Gasteiger partial charge in [0.15, 0.2) is 0 Å². The third-order valence-electron chi connectivity index (χ3n) is 5.83. The van der Waals surface area contributed by atoms with Gasteiger partial charge in [-0.2, -0.15) is 0 Å². The molecule has 0 radical (unpaired) electrons. The van der Waals surface area contributed by atoms with Gasteiger partial charge in [-0.25, -0.2) is 0 Å². The molecule has 3 rings (SSSR count). The van der Waals surface area contributed by atoms with E-state index in [1.807, 2.05) is 40.1 Å². The van der Waals surface area contributed by atoms with Crippen molar-refractivity contribution in [1.82, 2.24) is 14.7 Å². The Balaban J connectivity index is 0.00000210. The van der Waals surface area contributed by atoms with E-state index in [9.17, 15) is 9.59 Å². The average molecular weight is 445 g/mol. The van der Waals surface area contributed by atoms with Crippen molar-refractivity contribution < 1.29 is 9.59 Å². The molecular formula is C21H34Cl2N4O2. The molecule has 2 fully saturated rings. The topological polar surface area (TPSA) is 69.9 Å². The van der Waals surface area contributed by atoms with E-state index in [1.54, 1.807) is 0 Å². The summed E-state index contributed by atoms with van der Waals surface area (Å²) in [6.07, 6.45) is 3.76. The summed E-state index contributed by atoms with van der Waals surface area (Å²) in [5.41, 5.74) is 7.17. The molecule has 0 spiro atoms. The number of nitrogens with two attached hydrogens (primary N) is 1. The molecule has 164 valence electrons. The van der Waals surface area contributed by atoms with Gasteiger partial charge in [0.05, 0.1) is 6.54 Å². The molecule has 2 N–H and O–H groups in total. The molecule has 0 aromatic heterocycles. The molecule has 2 amide bonds. The van der Waals surface area contributed by atoms with Crippen LogP contribution >= 0.6 is 24.8 Å². The van der Waals surface area contributed by atoms with E-state index in [0.29, 0.717) is 32.1 Å². The van der Waals surface area contributed by atoms with E-state index in [1.165, 1.54) is 6.42 Å². The molecule has 2 saturated heterocycles. The second-order valence-electron chi connectivity index (χ2n) is 7.81. The van der Waals surface area contributed by atoms with E-state index < -0.39 is 0 Å². The van der Waals surface area contributed by atoms with Crippen molar-refractivity contribution in [3.8, 4) is 0 Å². The number of likely N-dealkylation sites (tertiary alicyclic amines) is 1. The molecule has 2 heterocycles. The minimum atomic E-state index is -0.265. The van der Waals surface area contributed by atoms with Crippen molar-refractivity contribution in [3.63, 3.8) is 0 Å². The van der Waals surface area contributed by atoms with Crippen molar-refractivity contribution >= 4 is 36.6 Å². The highest BCUT2D eigenvalue weighted by Gasteiger charge is 2.27. The number of amides is 2. The zero-order chi connectivity index (χ0) is 19.2. The number of hydrogen-bond donors (Lipinski definition) is 1. The molecule has 6 nitrogen and oxygen atoms in total. The number of benzene rings is 1. The third kappa shape index (κ3) is 7.14. The quantitative estimate of drug-likeness (QED) is 0.756. The predicted molar refractivity (Wildman–Crippen MR) is 121 cm³/mol. The van der Waals surface area contributed by atoms with Crippen molar-refractivity contribution in [3.05, 3.63) is 35.9 Å². The highest BCUT2D eigenvalue weighted by Crippen LogP contribution is 2.18. The number of nitrogens with zero attached hydrogens (tertiary/aromatic N) is 3. The van der Waals surface area contributed by atoms with Crippen LogP contribution in [0.15, 0.2) is 30.3 Å². The van der Waals surface area contributed by atoms with Crippen LogP contribution in [0.5, 0.6) is 0 Å². The van der Waals surface area contributed by atoms with Gasteiger partial charge in [0.25, 0.3) is 0 Å². The van der Waals surface area contributed by atoms with E-state index in [0.717, 1.165) is 38.0 Å². The minimum absolute atomic E-state index is 0. The number of carbonyl (C=O) groups excluding carboxylic acids is 2. The molecule has 2 aliphatic heterocycles. The largest absolute Gasteiger partial charge is 0.340 e. The Kier molecular flexibility index (Phi) is 11.0. The summed E-state index contributed by atoms with van der Waals surface area (Å²) in [5, 5.41) is 0. The maximum absolute atomic E-state index is 12.6. The molecule has 0 saturated carbocycles. The van der Waals surface area contributed by atoms with Crippen LogP contribution in [0.4, 0.5) is 0 Å². The van der Waals surface area contributed by atoms with Gasteiger partial charge >= 0.3 is 0 Å². The van der Waals surface area contributed by atoms with Crippen molar-refractivity contribution in [2.24, 2.45) is 5.73 Å². The normalized spacial score (nSPS) is 21.0. The number of piperazine rings is 1.